The van der Waals surface area contributed by atoms with E-state index < -0.39 is 0 Å². The molecule has 0 saturated carbocycles. The minimum Gasteiger partial charge on any atom is -0.480 e. The Morgan fingerprint density at radius 3 is 2.53 bits per heavy atom. The summed E-state index contributed by atoms with van der Waals surface area (Å²) < 4.78 is 10.8. The van der Waals surface area contributed by atoms with E-state index in [9.17, 15) is 14.4 Å². The average Bonchev–Trinajstić information content (AvgIpc) is 3.33. The van der Waals surface area contributed by atoms with E-state index in [-0.39, 0.29) is 36.8 Å². The summed E-state index contributed by atoms with van der Waals surface area (Å²) >= 11 is 0. The molecule has 1 aromatic carbocycles. The number of likely N-dealkylation sites (tertiary alicyclic amines) is 1. The van der Waals surface area contributed by atoms with Gasteiger partial charge in [0.25, 0.3) is 11.8 Å². The maximum atomic E-state index is 12.5. The zero-order valence-electron chi connectivity index (χ0n) is 16.6. The number of rotatable bonds is 7. The van der Waals surface area contributed by atoms with Crippen LogP contribution in [0.2, 0.25) is 0 Å². The average molecular weight is 410 g/mol. The summed E-state index contributed by atoms with van der Waals surface area (Å²) in [6.07, 6.45) is 4.22. The van der Waals surface area contributed by atoms with Gasteiger partial charge in [-0.15, -0.1) is 0 Å². The fourth-order valence-electron chi connectivity index (χ4n) is 3.70. The lowest BCUT2D eigenvalue weighted by Crippen LogP contribution is -2.33. The fraction of sp³-hybridized carbons (Fsp3) is 0.381. The molecular weight excluding hydrogens is 388 g/mol. The van der Waals surface area contributed by atoms with Crippen LogP contribution in [-0.4, -0.2) is 70.3 Å². The normalized spacial score (nSPS) is 18.0. The molecule has 0 aliphatic carbocycles. The van der Waals surface area contributed by atoms with Crippen molar-refractivity contribution in [1.82, 2.24) is 19.8 Å². The van der Waals surface area contributed by atoms with Crippen LogP contribution in [0.3, 0.4) is 0 Å². The third kappa shape index (κ3) is 3.96. The molecule has 0 spiro atoms. The highest BCUT2D eigenvalue weighted by molar-refractivity contribution is 6.21. The molecule has 9 heteroatoms. The van der Waals surface area contributed by atoms with Gasteiger partial charge in [0.1, 0.15) is 6.10 Å². The zero-order valence-corrected chi connectivity index (χ0v) is 16.6. The van der Waals surface area contributed by atoms with Gasteiger partial charge < -0.3 is 14.4 Å². The van der Waals surface area contributed by atoms with E-state index in [1.807, 2.05) is 0 Å². The standard InChI is InChI=1S/C21H22N4O5/c1-29-17-11-22-12-18(23-17)30-14-8-10-24(13-14)19(26)7-4-9-25-20(27)15-5-2-3-6-16(15)21(25)28/h2-3,5-6,11-12,14H,4,7-10,13H2,1H3. The summed E-state index contributed by atoms with van der Waals surface area (Å²) in [6, 6.07) is 6.77. The van der Waals surface area contributed by atoms with Gasteiger partial charge in [-0.2, -0.15) is 4.98 Å². The number of carbonyl (C=O) groups excluding carboxylic acids is 3. The number of carbonyl (C=O) groups is 3. The highest BCUT2D eigenvalue weighted by Crippen LogP contribution is 2.23. The number of aromatic nitrogens is 2. The molecule has 0 bridgehead atoms. The molecule has 30 heavy (non-hydrogen) atoms. The minimum absolute atomic E-state index is 0.0190. The van der Waals surface area contributed by atoms with Crippen molar-refractivity contribution in [2.45, 2.75) is 25.4 Å². The summed E-state index contributed by atoms with van der Waals surface area (Å²) in [6.45, 7) is 1.28. The summed E-state index contributed by atoms with van der Waals surface area (Å²) in [4.78, 5) is 48.4. The third-order valence-corrected chi connectivity index (χ3v) is 5.24. The van der Waals surface area contributed by atoms with E-state index in [0.717, 1.165) is 0 Å². The van der Waals surface area contributed by atoms with Crippen molar-refractivity contribution >= 4 is 17.7 Å². The minimum atomic E-state index is -0.294. The van der Waals surface area contributed by atoms with Crippen LogP contribution in [0.4, 0.5) is 0 Å². The maximum absolute atomic E-state index is 12.5. The molecule has 0 radical (unpaired) electrons. The Balaban J connectivity index is 1.24. The molecular formula is C21H22N4O5. The van der Waals surface area contributed by atoms with Crippen LogP contribution >= 0.6 is 0 Å². The predicted octanol–water partition coefficient (Wildman–Crippen LogP) is 1.54. The van der Waals surface area contributed by atoms with Crippen molar-refractivity contribution in [3.05, 3.63) is 47.8 Å². The molecule has 0 N–H and O–H groups in total. The zero-order chi connectivity index (χ0) is 21.1. The first-order chi connectivity index (χ1) is 14.6. The Morgan fingerprint density at radius 1 is 1.13 bits per heavy atom. The SMILES string of the molecule is COc1cncc(OC2CCN(C(=O)CCCN3C(=O)c4ccccc4C3=O)C2)n1. The fourth-order valence-corrected chi connectivity index (χ4v) is 3.70. The lowest BCUT2D eigenvalue weighted by molar-refractivity contribution is -0.130. The lowest BCUT2D eigenvalue weighted by Gasteiger charge is -2.18. The van der Waals surface area contributed by atoms with Gasteiger partial charge in [0.2, 0.25) is 17.7 Å². The van der Waals surface area contributed by atoms with Gasteiger partial charge in [0.05, 0.1) is 37.2 Å². The van der Waals surface area contributed by atoms with Crippen LogP contribution in [-0.2, 0) is 4.79 Å². The predicted molar refractivity (Wildman–Crippen MR) is 105 cm³/mol. The van der Waals surface area contributed by atoms with Crippen molar-refractivity contribution in [3.63, 3.8) is 0 Å². The third-order valence-electron chi connectivity index (χ3n) is 5.24. The van der Waals surface area contributed by atoms with E-state index >= 15 is 0 Å². The molecule has 1 atom stereocenters. The Morgan fingerprint density at radius 2 is 1.83 bits per heavy atom. The second-order valence-electron chi connectivity index (χ2n) is 7.18. The van der Waals surface area contributed by atoms with Gasteiger partial charge in [0.15, 0.2) is 0 Å². The van der Waals surface area contributed by atoms with E-state index in [2.05, 4.69) is 9.97 Å². The van der Waals surface area contributed by atoms with Crippen LogP contribution in [0.1, 0.15) is 40.0 Å². The maximum Gasteiger partial charge on any atom is 0.261 e. The number of amides is 3. The lowest BCUT2D eigenvalue weighted by atomic mass is 10.1. The second kappa shape index (κ2) is 8.48. The first-order valence-electron chi connectivity index (χ1n) is 9.82. The van der Waals surface area contributed by atoms with Gasteiger partial charge in [-0.1, -0.05) is 12.1 Å². The summed E-state index contributed by atoms with van der Waals surface area (Å²) in [5.74, 6) is 0.120. The van der Waals surface area contributed by atoms with E-state index in [0.29, 0.717) is 48.8 Å². The van der Waals surface area contributed by atoms with Crippen LogP contribution in [0.25, 0.3) is 0 Å². The molecule has 2 aliphatic heterocycles. The van der Waals surface area contributed by atoms with Crippen molar-refractivity contribution in [2.75, 3.05) is 26.7 Å². The van der Waals surface area contributed by atoms with E-state index in [4.69, 9.17) is 9.47 Å². The van der Waals surface area contributed by atoms with Crippen molar-refractivity contribution in [1.29, 1.82) is 0 Å². The number of ether oxygens (including phenoxy) is 2. The molecule has 2 aromatic rings. The molecule has 9 nitrogen and oxygen atoms in total. The summed E-state index contributed by atoms with van der Waals surface area (Å²) in [5.41, 5.74) is 0.850. The monoisotopic (exact) mass is 410 g/mol. The highest BCUT2D eigenvalue weighted by atomic mass is 16.5. The largest absolute Gasteiger partial charge is 0.480 e. The first kappa shape index (κ1) is 19.8. The number of nitrogens with zero attached hydrogens (tertiary/aromatic N) is 4. The van der Waals surface area contributed by atoms with Crippen LogP contribution in [0.5, 0.6) is 11.8 Å². The molecule has 2 aliphatic rings. The molecule has 1 fully saturated rings. The van der Waals surface area contributed by atoms with Crippen LogP contribution in [0, 0.1) is 0 Å². The molecule has 156 valence electrons. The smallest absolute Gasteiger partial charge is 0.261 e. The Bertz CT molecular complexity index is 944. The number of hydrogen-bond acceptors (Lipinski definition) is 7. The first-order valence-corrected chi connectivity index (χ1v) is 9.82. The van der Waals surface area contributed by atoms with Crippen molar-refractivity contribution < 1.29 is 23.9 Å². The topological polar surface area (TPSA) is 102 Å². The molecule has 4 rings (SSSR count). The van der Waals surface area contributed by atoms with Crippen LogP contribution < -0.4 is 9.47 Å². The van der Waals surface area contributed by atoms with Gasteiger partial charge in [0, 0.05) is 25.9 Å². The number of methoxy groups -OCH3 is 1. The number of fused-ring (bicyclic) bond motifs is 1. The number of hydrogen-bond donors (Lipinski definition) is 0. The van der Waals surface area contributed by atoms with Gasteiger partial charge in [-0.25, -0.2) is 0 Å². The highest BCUT2D eigenvalue weighted by Gasteiger charge is 2.35. The van der Waals surface area contributed by atoms with Crippen molar-refractivity contribution in [2.24, 2.45) is 0 Å². The Hall–Kier alpha value is -3.49. The quantitative estimate of drug-likeness (QED) is 0.638. The van der Waals surface area contributed by atoms with E-state index in [1.165, 1.54) is 24.4 Å². The molecule has 3 amide bonds. The summed E-state index contributed by atoms with van der Waals surface area (Å²) in [5, 5.41) is 0. The molecule has 3 heterocycles. The second-order valence-corrected chi connectivity index (χ2v) is 7.18. The van der Waals surface area contributed by atoms with Gasteiger partial charge in [-0.05, 0) is 18.6 Å². The number of imide groups is 1. The van der Waals surface area contributed by atoms with E-state index in [1.54, 1.807) is 29.2 Å². The molecule has 1 saturated heterocycles. The Labute approximate surface area is 173 Å². The van der Waals surface area contributed by atoms with Crippen molar-refractivity contribution in [3.8, 4) is 11.8 Å². The van der Waals surface area contributed by atoms with Gasteiger partial charge >= 0.3 is 0 Å². The van der Waals surface area contributed by atoms with Gasteiger partial charge in [-0.3, -0.25) is 24.3 Å². The Kier molecular flexibility index (Phi) is 5.60. The number of benzene rings is 1. The molecule has 1 unspecified atom stereocenters. The molecule has 1 aromatic heterocycles. The summed E-state index contributed by atoms with van der Waals surface area (Å²) in [7, 11) is 1.51. The van der Waals surface area contributed by atoms with Crippen LogP contribution in [0.15, 0.2) is 36.7 Å².